The summed E-state index contributed by atoms with van der Waals surface area (Å²) in [6.07, 6.45) is 1.81. The number of hydrogen-bond acceptors (Lipinski definition) is 4. The van der Waals surface area contributed by atoms with E-state index in [9.17, 15) is 9.90 Å². The highest BCUT2D eigenvalue weighted by Gasteiger charge is 2.29. The van der Waals surface area contributed by atoms with E-state index in [4.69, 9.17) is 0 Å². The first-order valence-electron chi connectivity index (χ1n) is 10.2. The minimum atomic E-state index is -0.656. The van der Waals surface area contributed by atoms with Gasteiger partial charge in [-0.25, -0.2) is 4.79 Å². The van der Waals surface area contributed by atoms with Gasteiger partial charge in [0.1, 0.15) is 0 Å². The van der Waals surface area contributed by atoms with Crippen molar-refractivity contribution < 1.29 is 5.11 Å². The highest BCUT2D eigenvalue weighted by Crippen LogP contribution is 2.30. The zero-order chi connectivity index (χ0) is 20.0. The molecule has 0 aliphatic carbocycles. The van der Waals surface area contributed by atoms with Gasteiger partial charge in [-0.05, 0) is 38.3 Å². The number of imidazole rings is 1. The molecule has 150 valence electrons. The second-order valence-electron chi connectivity index (χ2n) is 7.99. The maximum atomic E-state index is 12.3. The third kappa shape index (κ3) is 3.16. The zero-order valence-electron chi connectivity index (χ0n) is 16.4. The molecule has 7 heteroatoms. The maximum absolute atomic E-state index is 12.3. The van der Waals surface area contributed by atoms with E-state index in [2.05, 4.69) is 33.5 Å². The van der Waals surface area contributed by atoms with Crippen molar-refractivity contribution in [2.24, 2.45) is 0 Å². The summed E-state index contributed by atoms with van der Waals surface area (Å²) in [7, 11) is 0. The van der Waals surface area contributed by atoms with Crippen LogP contribution in [-0.2, 0) is 13.0 Å². The molecule has 2 aromatic carbocycles. The number of para-hydroxylation sites is 2. The molecule has 4 aromatic rings. The molecule has 0 saturated carbocycles. The minimum Gasteiger partial charge on any atom is -0.387 e. The average Bonchev–Trinajstić information content (AvgIpc) is 3.24. The van der Waals surface area contributed by atoms with Crippen LogP contribution in [0.3, 0.4) is 0 Å². The number of nitrogens with zero attached hydrogens (tertiary/aromatic N) is 2. The summed E-state index contributed by atoms with van der Waals surface area (Å²) < 4.78 is 1.75. The summed E-state index contributed by atoms with van der Waals surface area (Å²) in [4.78, 5) is 15.2. The van der Waals surface area contributed by atoms with Crippen LogP contribution in [0.5, 0.6) is 0 Å². The summed E-state index contributed by atoms with van der Waals surface area (Å²) in [5.74, 6) is 0. The van der Waals surface area contributed by atoms with E-state index in [1.54, 1.807) is 4.57 Å². The van der Waals surface area contributed by atoms with Crippen LogP contribution < -0.4 is 11.0 Å². The normalized spacial score (nSPS) is 20.2. The van der Waals surface area contributed by atoms with Gasteiger partial charge in [-0.1, -0.05) is 30.3 Å². The molecular formula is C22H25N5O2. The lowest BCUT2D eigenvalue weighted by Crippen LogP contribution is -2.41. The van der Waals surface area contributed by atoms with Gasteiger partial charge in [0.15, 0.2) is 0 Å². The molecule has 4 N–H and O–H groups in total. The number of aliphatic hydroxyl groups excluding tert-OH is 1. The van der Waals surface area contributed by atoms with Crippen LogP contribution in [0.1, 0.15) is 37.1 Å². The number of nitrogens with one attached hydrogen (secondary N) is 3. The van der Waals surface area contributed by atoms with E-state index in [1.165, 1.54) is 5.39 Å². The quantitative estimate of drug-likeness (QED) is 0.420. The second kappa shape index (κ2) is 7.17. The minimum absolute atomic E-state index is 0.106. The molecule has 1 aliphatic rings. The molecule has 0 saturated heterocycles. The number of aromatic nitrogens is 4. The Morgan fingerprint density at radius 1 is 1.24 bits per heavy atom. The molecule has 0 amide bonds. The summed E-state index contributed by atoms with van der Waals surface area (Å²) in [6.45, 7) is 2.72. The fourth-order valence-electron chi connectivity index (χ4n) is 4.53. The van der Waals surface area contributed by atoms with Gasteiger partial charge in [-0.2, -0.15) is 5.10 Å². The zero-order valence-corrected chi connectivity index (χ0v) is 16.4. The van der Waals surface area contributed by atoms with Crippen molar-refractivity contribution in [1.82, 2.24) is 25.1 Å². The van der Waals surface area contributed by atoms with Crippen LogP contribution in [-0.4, -0.2) is 36.9 Å². The molecule has 3 heterocycles. The van der Waals surface area contributed by atoms with Crippen molar-refractivity contribution in [3.8, 4) is 0 Å². The molecule has 3 atom stereocenters. The lowest BCUT2D eigenvalue weighted by molar-refractivity contribution is 0.119. The monoisotopic (exact) mass is 391 g/mol. The first kappa shape index (κ1) is 18.1. The Balaban J connectivity index is 1.31. The summed E-state index contributed by atoms with van der Waals surface area (Å²) in [6, 6.07) is 13.9. The predicted octanol–water partition coefficient (Wildman–Crippen LogP) is 2.62. The highest BCUT2D eigenvalue weighted by atomic mass is 16.3. The summed E-state index contributed by atoms with van der Waals surface area (Å²) in [5.41, 5.74) is 4.43. The van der Waals surface area contributed by atoms with Gasteiger partial charge < -0.3 is 15.4 Å². The standard InChI is InChI=1S/C22H25N5O2/c1-13(9-10-17-14-5-2-3-7-16(14)25-26-17)23-19-11-12-27-20-15(21(19)28)6-4-8-18(20)24-22(27)29/h2-8,13,19,21,23,28H,9-12H2,1H3,(H,24,29)(H,25,26)/t13-,19-,21-/m1/s1. The van der Waals surface area contributed by atoms with E-state index in [-0.39, 0.29) is 17.8 Å². The number of aryl methyl sites for hydroxylation is 2. The number of fused-ring (bicyclic) bond motifs is 1. The Hall–Kier alpha value is -2.90. The summed E-state index contributed by atoms with van der Waals surface area (Å²) >= 11 is 0. The molecule has 7 nitrogen and oxygen atoms in total. The van der Waals surface area contributed by atoms with E-state index >= 15 is 0 Å². The third-order valence-electron chi connectivity index (χ3n) is 6.05. The Kier molecular flexibility index (Phi) is 4.49. The SMILES string of the molecule is C[C@H](CCc1n[nH]c2ccccc12)N[C@@H]1CCn2c(=O)[nH]c3cccc(c32)[C@H]1O. The van der Waals surface area contributed by atoms with Crippen LogP contribution in [0.25, 0.3) is 21.9 Å². The molecule has 0 spiro atoms. The Morgan fingerprint density at radius 2 is 2.07 bits per heavy atom. The Morgan fingerprint density at radius 3 is 2.97 bits per heavy atom. The van der Waals surface area contributed by atoms with Gasteiger partial charge in [0.05, 0.1) is 28.3 Å². The molecule has 5 rings (SSSR count). The van der Waals surface area contributed by atoms with Gasteiger partial charge >= 0.3 is 5.69 Å². The molecule has 0 bridgehead atoms. The lowest BCUT2D eigenvalue weighted by Gasteiger charge is -2.26. The molecule has 29 heavy (non-hydrogen) atoms. The van der Waals surface area contributed by atoms with Crippen molar-refractivity contribution >= 4 is 21.9 Å². The predicted molar refractivity (Wildman–Crippen MR) is 113 cm³/mol. The van der Waals surface area contributed by atoms with E-state index in [1.807, 2.05) is 36.4 Å². The summed E-state index contributed by atoms with van der Waals surface area (Å²) in [5, 5.41) is 23.4. The van der Waals surface area contributed by atoms with E-state index < -0.39 is 6.10 Å². The van der Waals surface area contributed by atoms with E-state index in [0.717, 1.165) is 40.6 Å². The molecule has 2 aromatic heterocycles. The number of rotatable bonds is 5. The van der Waals surface area contributed by atoms with Gasteiger partial charge in [-0.15, -0.1) is 0 Å². The van der Waals surface area contributed by atoms with Crippen molar-refractivity contribution in [3.63, 3.8) is 0 Å². The smallest absolute Gasteiger partial charge is 0.326 e. The molecule has 0 fully saturated rings. The van der Waals surface area contributed by atoms with Crippen molar-refractivity contribution in [2.45, 2.75) is 50.9 Å². The first-order chi connectivity index (χ1) is 14.1. The molecule has 0 unspecified atom stereocenters. The fourth-order valence-corrected chi connectivity index (χ4v) is 4.53. The van der Waals surface area contributed by atoms with Crippen molar-refractivity contribution in [1.29, 1.82) is 0 Å². The topological polar surface area (TPSA) is 98.7 Å². The van der Waals surface area contributed by atoms with Crippen LogP contribution in [0.15, 0.2) is 47.3 Å². The van der Waals surface area contributed by atoms with E-state index in [0.29, 0.717) is 13.0 Å². The van der Waals surface area contributed by atoms with Gasteiger partial charge in [0, 0.05) is 29.6 Å². The fraction of sp³-hybridized carbons (Fsp3) is 0.364. The number of hydrogen-bond donors (Lipinski definition) is 4. The number of aromatic amines is 2. The maximum Gasteiger partial charge on any atom is 0.326 e. The number of benzene rings is 2. The van der Waals surface area contributed by atoms with Crippen LogP contribution in [0.4, 0.5) is 0 Å². The second-order valence-corrected chi connectivity index (χ2v) is 7.99. The van der Waals surface area contributed by atoms with Gasteiger partial charge in [0.2, 0.25) is 0 Å². The van der Waals surface area contributed by atoms with Crippen LogP contribution in [0, 0.1) is 0 Å². The lowest BCUT2D eigenvalue weighted by atomic mass is 9.98. The molecular weight excluding hydrogens is 366 g/mol. The highest BCUT2D eigenvalue weighted by molar-refractivity contribution is 5.81. The van der Waals surface area contributed by atoms with Crippen LogP contribution >= 0.6 is 0 Å². The molecule has 0 radical (unpaired) electrons. The van der Waals surface area contributed by atoms with Crippen molar-refractivity contribution in [3.05, 3.63) is 64.2 Å². The third-order valence-corrected chi connectivity index (χ3v) is 6.05. The number of H-pyrrole nitrogens is 2. The Labute approximate surface area is 167 Å². The van der Waals surface area contributed by atoms with Gasteiger partial charge in [0.25, 0.3) is 0 Å². The number of aliphatic hydroxyl groups is 1. The average molecular weight is 391 g/mol. The van der Waals surface area contributed by atoms with Crippen molar-refractivity contribution in [2.75, 3.05) is 0 Å². The van der Waals surface area contributed by atoms with Gasteiger partial charge in [-0.3, -0.25) is 9.67 Å². The largest absolute Gasteiger partial charge is 0.387 e. The first-order valence-corrected chi connectivity index (χ1v) is 10.2. The van der Waals surface area contributed by atoms with Crippen LogP contribution in [0.2, 0.25) is 0 Å². The molecule has 1 aliphatic heterocycles. The Bertz CT molecular complexity index is 1220.